The van der Waals surface area contributed by atoms with Crippen LogP contribution in [-0.4, -0.2) is 30.6 Å². The Morgan fingerprint density at radius 2 is 1.31 bits per heavy atom. The molecular formula is C36H41N3O3. The monoisotopic (exact) mass is 563 g/mol. The van der Waals surface area contributed by atoms with Crippen molar-refractivity contribution in [3.63, 3.8) is 0 Å². The van der Waals surface area contributed by atoms with Gasteiger partial charge in [-0.3, -0.25) is 10.1 Å². The Morgan fingerprint density at radius 3 is 1.98 bits per heavy atom. The molecule has 1 unspecified atom stereocenters. The molecule has 1 aliphatic carbocycles. The van der Waals surface area contributed by atoms with Crippen molar-refractivity contribution < 1.29 is 14.3 Å². The van der Waals surface area contributed by atoms with Crippen LogP contribution in [0.25, 0.3) is 11.1 Å². The van der Waals surface area contributed by atoms with E-state index in [1.54, 1.807) is 0 Å². The van der Waals surface area contributed by atoms with Crippen molar-refractivity contribution in [2.75, 3.05) is 17.2 Å². The fraction of sp³-hybridized carbons (Fsp3) is 0.278. The van der Waals surface area contributed by atoms with Crippen molar-refractivity contribution in [3.8, 4) is 11.1 Å². The van der Waals surface area contributed by atoms with Gasteiger partial charge in [-0.2, -0.15) is 0 Å². The second-order valence-corrected chi connectivity index (χ2v) is 10.4. The summed E-state index contributed by atoms with van der Waals surface area (Å²) in [7, 11) is 0. The first-order valence-electron chi connectivity index (χ1n) is 14.4. The van der Waals surface area contributed by atoms with Gasteiger partial charge in [0.1, 0.15) is 6.04 Å². The lowest BCUT2D eigenvalue weighted by Crippen LogP contribution is -2.41. The molecule has 1 amide bonds. The van der Waals surface area contributed by atoms with Gasteiger partial charge in [-0.25, -0.2) is 4.79 Å². The lowest BCUT2D eigenvalue weighted by atomic mass is 9.90. The van der Waals surface area contributed by atoms with Gasteiger partial charge in [0, 0.05) is 29.0 Å². The van der Waals surface area contributed by atoms with E-state index in [-0.39, 0.29) is 25.3 Å². The molecule has 4 aromatic rings. The van der Waals surface area contributed by atoms with Gasteiger partial charge in [0.15, 0.2) is 0 Å². The third kappa shape index (κ3) is 7.86. The Hall–Kier alpha value is -4.42. The number of ether oxygens (including phenoxy) is 1. The van der Waals surface area contributed by atoms with Crippen molar-refractivity contribution in [2.24, 2.45) is 0 Å². The Labute approximate surface area is 249 Å². The van der Waals surface area contributed by atoms with Gasteiger partial charge in [0.05, 0.1) is 6.61 Å². The first-order valence-corrected chi connectivity index (χ1v) is 14.4. The fourth-order valence-electron chi connectivity index (χ4n) is 5.45. The van der Waals surface area contributed by atoms with Crippen LogP contribution in [-0.2, 0) is 9.53 Å². The highest BCUT2D eigenvalue weighted by atomic mass is 16.5. The molecule has 1 fully saturated rings. The molecule has 3 N–H and O–H groups in total. The summed E-state index contributed by atoms with van der Waals surface area (Å²) < 4.78 is 5.34. The maximum absolute atomic E-state index is 13.1. The van der Waals surface area contributed by atoms with E-state index in [9.17, 15) is 9.59 Å². The summed E-state index contributed by atoms with van der Waals surface area (Å²) in [6.07, 6.45) is 3.93. The molecule has 0 aliphatic heterocycles. The van der Waals surface area contributed by atoms with Crippen molar-refractivity contribution in [1.82, 2.24) is 5.32 Å². The number of amides is 1. The van der Waals surface area contributed by atoms with E-state index in [1.165, 1.54) is 0 Å². The normalized spacial score (nSPS) is 16.9. The molecule has 0 radical (unpaired) electrons. The second-order valence-electron chi connectivity index (χ2n) is 10.4. The summed E-state index contributed by atoms with van der Waals surface area (Å²) in [5, 5.41) is 10.2. The summed E-state index contributed by atoms with van der Waals surface area (Å²) >= 11 is 0. The standard InChI is InChI=1S/C35H37N3O3.CH4/c1-2-41-35(40)33(26-13-7-4-8-14-26)37-29-21-17-27(18-22-29)36-28-19-23-30(24-20-28)38-34(39)32-16-10-9-15-31(32)25-11-5-3-6-12-25;/h3-16,19-20,23-24,27,29,33,36-37H,2,17-18,21-22H2,1H3,(H,38,39);1H4. The number of rotatable bonds is 10. The van der Waals surface area contributed by atoms with Gasteiger partial charge >= 0.3 is 5.97 Å². The largest absolute Gasteiger partial charge is 0.465 e. The average molecular weight is 564 g/mol. The van der Waals surface area contributed by atoms with E-state index in [4.69, 9.17) is 4.74 Å². The van der Waals surface area contributed by atoms with Gasteiger partial charge < -0.3 is 15.4 Å². The number of esters is 1. The van der Waals surface area contributed by atoms with Gasteiger partial charge in [0.25, 0.3) is 5.91 Å². The van der Waals surface area contributed by atoms with Crippen LogP contribution in [0.3, 0.4) is 0 Å². The highest BCUT2D eigenvalue weighted by Crippen LogP contribution is 2.27. The van der Waals surface area contributed by atoms with E-state index >= 15 is 0 Å². The molecule has 42 heavy (non-hydrogen) atoms. The SMILES string of the molecule is C.CCOC(=O)C(NC1CCC(Nc2ccc(NC(=O)c3ccccc3-c3ccccc3)cc2)CC1)c1ccccc1. The predicted octanol–water partition coefficient (Wildman–Crippen LogP) is 7.86. The summed E-state index contributed by atoms with van der Waals surface area (Å²) in [6.45, 7) is 2.20. The third-order valence-corrected chi connectivity index (χ3v) is 7.55. The van der Waals surface area contributed by atoms with Crippen LogP contribution >= 0.6 is 0 Å². The maximum atomic E-state index is 13.1. The molecule has 0 spiro atoms. The zero-order chi connectivity index (χ0) is 28.4. The molecule has 6 heteroatoms. The minimum atomic E-state index is -0.451. The molecule has 0 bridgehead atoms. The number of hydrogen-bond acceptors (Lipinski definition) is 5. The Kier molecular flexibility index (Phi) is 10.9. The summed E-state index contributed by atoms with van der Waals surface area (Å²) in [5.74, 6) is -0.359. The molecule has 0 aromatic heterocycles. The Balaban J connectivity index is 0.00000405. The average Bonchev–Trinajstić information content (AvgIpc) is 3.02. The molecular weight excluding hydrogens is 522 g/mol. The molecule has 1 saturated carbocycles. The number of anilines is 2. The number of hydrogen-bond donors (Lipinski definition) is 3. The van der Waals surface area contributed by atoms with Crippen LogP contribution < -0.4 is 16.0 Å². The first kappa shape index (κ1) is 30.5. The van der Waals surface area contributed by atoms with Crippen molar-refractivity contribution in [1.29, 1.82) is 0 Å². The number of carbonyl (C=O) groups is 2. The van der Waals surface area contributed by atoms with E-state index in [0.717, 1.165) is 53.7 Å². The van der Waals surface area contributed by atoms with Gasteiger partial charge in [-0.15, -0.1) is 0 Å². The topological polar surface area (TPSA) is 79.5 Å². The zero-order valence-corrected chi connectivity index (χ0v) is 23.4. The molecule has 218 valence electrons. The number of carbonyl (C=O) groups excluding carboxylic acids is 2. The van der Waals surface area contributed by atoms with E-state index in [2.05, 4.69) is 16.0 Å². The van der Waals surface area contributed by atoms with Crippen molar-refractivity contribution in [2.45, 2.75) is 58.2 Å². The summed E-state index contributed by atoms with van der Waals surface area (Å²) in [5.41, 5.74) is 5.27. The zero-order valence-electron chi connectivity index (χ0n) is 23.4. The van der Waals surface area contributed by atoms with Crippen LogP contribution in [0.15, 0.2) is 109 Å². The molecule has 1 aliphatic rings. The predicted molar refractivity (Wildman–Crippen MR) is 172 cm³/mol. The van der Waals surface area contributed by atoms with Crippen LogP contribution in [0.1, 0.15) is 62.0 Å². The van der Waals surface area contributed by atoms with Gasteiger partial charge in [-0.05, 0) is 79.6 Å². The molecule has 4 aromatic carbocycles. The van der Waals surface area contributed by atoms with Crippen LogP contribution in [0.2, 0.25) is 0 Å². The smallest absolute Gasteiger partial charge is 0.327 e. The van der Waals surface area contributed by atoms with Crippen LogP contribution in [0.5, 0.6) is 0 Å². The minimum absolute atomic E-state index is 0. The number of benzene rings is 4. The fourth-order valence-corrected chi connectivity index (χ4v) is 5.45. The van der Waals surface area contributed by atoms with Crippen LogP contribution in [0.4, 0.5) is 11.4 Å². The lowest BCUT2D eigenvalue weighted by molar-refractivity contribution is -0.146. The van der Waals surface area contributed by atoms with E-state index < -0.39 is 6.04 Å². The van der Waals surface area contributed by atoms with Gasteiger partial charge in [0.2, 0.25) is 0 Å². The Morgan fingerprint density at radius 1 is 0.738 bits per heavy atom. The molecule has 0 saturated heterocycles. The first-order chi connectivity index (χ1) is 20.1. The molecule has 5 rings (SSSR count). The summed E-state index contributed by atoms with van der Waals surface area (Å²) in [4.78, 5) is 25.8. The molecule has 6 nitrogen and oxygen atoms in total. The Bertz CT molecular complexity index is 1420. The quantitative estimate of drug-likeness (QED) is 0.171. The maximum Gasteiger partial charge on any atom is 0.327 e. The highest BCUT2D eigenvalue weighted by Gasteiger charge is 2.28. The van der Waals surface area contributed by atoms with Crippen molar-refractivity contribution >= 4 is 23.3 Å². The lowest BCUT2D eigenvalue weighted by Gasteiger charge is -2.32. The summed E-state index contributed by atoms with van der Waals surface area (Å²) in [6, 6.07) is 35.4. The molecule has 1 atom stereocenters. The second kappa shape index (κ2) is 15.0. The number of nitrogens with one attached hydrogen (secondary N) is 3. The van der Waals surface area contributed by atoms with E-state index in [0.29, 0.717) is 18.2 Å². The molecule has 0 heterocycles. The highest BCUT2D eigenvalue weighted by molar-refractivity contribution is 6.08. The third-order valence-electron chi connectivity index (χ3n) is 7.55. The van der Waals surface area contributed by atoms with Gasteiger partial charge in [-0.1, -0.05) is 86.3 Å². The minimum Gasteiger partial charge on any atom is -0.465 e. The van der Waals surface area contributed by atoms with Crippen LogP contribution in [0, 0.1) is 0 Å². The van der Waals surface area contributed by atoms with E-state index in [1.807, 2.05) is 116 Å². The van der Waals surface area contributed by atoms with Crippen molar-refractivity contribution in [3.05, 3.63) is 120 Å².